The van der Waals surface area contributed by atoms with E-state index in [1.807, 2.05) is 0 Å². The minimum atomic E-state index is 0.246. The Morgan fingerprint density at radius 1 is 1.38 bits per heavy atom. The van der Waals surface area contributed by atoms with Gasteiger partial charge in [-0.2, -0.15) is 0 Å². The topological polar surface area (TPSA) is 35.5 Å². The Labute approximate surface area is 81.1 Å². The van der Waals surface area contributed by atoms with E-state index < -0.39 is 0 Å². The third-order valence-electron chi connectivity index (χ3n) is 3.03. The van der Waals surface area contributed by atoms with Crippen molar-refractivity contribution in [3.05, 3.63) is 0 Å². The minimum Gasteiger partial charge on any atom is -0.395 e. The highest BCUT2D eigenvalue weighted by Crippen LogP contribution is 2.29. The molecule has 1 fully saturated rings. The number of aliphatic hydroxyl groups is 1. The molecular weight excluding hydrogens is 164 g/mol. The van der Waals surface area contributed by atoms with Crippen LogP contribution in [0.1, 0.15) is 19.8 Å². The van der Waals surface area contributed by atoms with Gasteiger partial charge in [0.25, 0.3) is 0 Å². The van der Waals surface area contributed by atoms with Crippen molar-refractivity contribution in [1.82, 2.24) is 10.2 Å². The van der Waals surface area contributed by atoms with Gasteiger partial charge in [0.05, 0.1) is 6.61 Å². The monoisotopic (exact) mass is 186 g/mol. The molecule has 0 aromatic rings. The zero-order valence-electron chi connectivity index (χ0n) is 8.84. The summed E-state index contributed by atoms with van der Waals surface area (Å²) in [6, 6.07) is 0. The summed E-state index contributed by atoms with van der Waals surface area (Å²) < 4.78 is 0. The molecule has 1 rings (SSSR count). The van der Waals surface area contributed by atoms with Gasteiger partial charge in [0.15, 0.2) is 0 Å². The first-order valence-corrected chi connectivity index (χ1v) is 5.16. The number of hydrogen-bond donors (Lipinski definition) is 2. The predicted octanol–water partition coefficient (Wildman–Crippen LogP) is 0.300. The average Bonchev–Trinajstić information content (AvgIpc) is 2.12. The van der Waals surface area contributed by atoms with Crippen molar-refractivity contribution in [3.63, 3.8) is 0 Å². The maximum absolute atomic E-state index is 8.65. The summed E-state index contributed by atoms with van der Waals surface area (Å²) in [6.45, 7) is 6.77. The number of rotatable bonds is 4. The fraction of sp³-hybridized carbons (Fsp3) is 1.00. The van der Waals surface area contributed by atoms with Gasteiger partial charge in [-0.05, 0) is 38.4 Å². The summed E-state index contributed by atoms with van der Waals surface area (Å²) in [6.07, 6.45) is 2.53. The number of likely N-dealkylation sites (tertiary alicyclic amines) is 1. The highest BCUT2D eigenvalue weighted by Gasteiger charge is 2.27. The van der Waals surface area contributed by atoms with Gasteiger partial charge in [-0.3, -0.25) is 0 Å². The zero-order valence-corrected chi connectivity index (χ0v) is 8.84. The van der Waals surface area contributed by atoms with Crippen LogP contribution in [0, 0.1) is 5.41 Å². The standard InChI is InChI=1S/C10H22N2O/c1-10(9-11-5-8-13)3-6-12(2)7-4-10/h11,13H,3-9H2,1-2H3. The summed E-state index contributed by atoms with van der Waals surface area (Å²) in [5, 5.41) is 11.9. The molecule has 0 aromatic carbocycles. The van der Waals surface area contributed by atoms with Gasteiger partial charge in [-0.15, -0.1) is 0 Å². The lowest BCUT2D eigenvalue weighted by atomic mass is 9.80. The normalized spacial score (nSPS) is 23.3. The smallest absolute Gasteiger partial charge is 0.0555 e. The van der Waals surface area contributed by atoms with E-state index in [0.29, 0.717) is 5.41 Å². The van der Waals surface area contributed by atoms with E-state index in [9.17, 15) is 0 Å². The van der Waals surface area contributed by atoms with Gasteiger partial charge >= 0.3 is 0 Å². The third kappa shape index (κ3) is 3.63. The van der Waals surface area contributed by atoms with Crippen LogP contribution in [-0.4, -0.2) is 49.8 Å². The van der Waals surface area contributed by atoms with E-state index in [1.54, 1.807) is 0 Å². The van der Waals surface area contributed by atoms with Crippen LogP contribution in [0.5, 0.6) is 0 Å². The lowest BCUT2D eigenvalue weighted by Crippen LogP contribution is -2.42. The van der Waals surface area contributed by atoms with Crippen molar-refractivity contribution in [2.45, 2.75) is 19.8 Å². The lowest BCUT2D eigenvalue weighted by molar-refractivity contribution is 0.135. The van der Waals surface area contributed by atoms with Crippen molar-refractivity contribution in [1.29, 1.82) is 0 Å². The quantitative estimate of drug-likeness (QED) is 0.620. The van der Waals surface area contributed by atoms with Crippen molar-refractivity contribution < 1.29 is 5.11 Å². The third-order valence-corrected chi connectivity index (χ3v) is 3.03. The predicted molar refractivity (Wildman–Crippen MR) is 54.8 cm³/mol. The molecule has 0 unspecified atom stereocenters. The molecule has 0 aliphatic carbocycles. The van der Waals surface area contributed by atoms with Gasteiger partial charge in [0, 0.05) is 13.1 Å². The second-order valence-electron chi connectivity index (χ2n) is 4.51. The first-order valence-electron chi connectivity index (χ1n) is 5.16. The van der Waals surface area contributed by atoms with E-state index in [4.69, 9.17) is 5.11 Å². The molecule has 0 amide bonds. The van der Waals surface area contributed by atoms with E-state index >= 15 is 0 Å². The Hall–Kier alpha value is -0.120. The summed E-state index contributed by atoms with van der Waals surface area (Å²) in [5.74, 6) is 0. The van der Waals surface area contributed by atoms with Crippen molar-refractivity contribution >= 4 is 0 Å². The van der Waals surface area contributed by atoms with Crippen LogP contribution in [-0.2, 0) is 0 Å². The fourth-order valence-electron chi connectivity index (χ4n) is 1.80. The molecule has 0 spiro atoms. The van der Waals surface area contributed by atoms with Crippen LogP contribution in [0.4, 0.5) is 0 Å². The van der Waals surface area contributed by atoms with E-state index in [2.05, 4.69) is 24.2 Å². The molecule has 0 radical (unpaired) electrons. The van der Waals surface area contributed by atoms with Crippen molar-refractivity contribution in [3.8, 4) is 0 Å². The molecule has 0 atom stereocenters. The summed E-state index contributed by atoms with van der Waals surface area (Å²) >= 11 is 0. The average molecular weight is 186 g/mol. The molecule has 78 valence electrons. The fourth-order valence-corrected chi connectivity index (χ4v) is 1.80. The number of nitrogens with zero attached hydrogens (tertiary/aromatic N) is 1. The van der Waals surface area contributed by atoms with Crippen LogP contribution in [0.2, 0.25) is 0 Å². The molecule has 3 heteroatoms. The highest BCUT2D eigenvalue weighted by molar-refractivity contribution is 4.82. The highest BCUT2D eigenvalue weighted by atomic mass is 16.3. The van der Waals surface area contributed by atoms with Crippen LogP contribution < -0.4 is 5.32 Å². The van der Waals surface area contributed by atoms with Crippen LogP contribution in [0.3, 0.4) is 0 Å². The largest absolute Gasteiger partial charge is 0.395 e. The van der Waals surface area contributed by atoms with E-state index in [-0.39, 0.29) is 6.61 Å². The molecule has 3 nitrogen and oxygen atoms in total. The minimum absolute atomic E-state index is 0.246. The first-order chi connectivity index (χ1) is 6.16. The van der Waals surface area contributed by atoms with E-state index in [1.165, 1.54) is 25.9 Å². The second-order valence-corrected chi connectivity index (χ2v) is 4.51. The zero-order chi connectivity index (χ0) is 9.73. The van der Waals surface area contributed by atoms with E-state index in [0.717, 1.165) is 13.1 Å². The Bertz CT molecular complexity index is 142. The molecule has 2 N–H and O–H groups in total. The van der Waals surface area contributed by atoms with Gasteiger partial charge in [-0.25, -0.2) is 0 Å². The Kier molecular flexibility index (Phi) is 4.16. The Morgan fingerprint density at radius 2 is 2.00 bits per heavy atom. The Balaban J connectivity index is 2.22. The van der Waals surface area contributed by atoms with Gasteiger partial charge in [-0.1, -0.05) is 6.92 Å². The number of aliphatic hydroxyl groups excluding tert-OH is 1. The molecule has 1 heterocycles. The number of nitrogens with one attached hydrogen (secondary N) is 1. The number of hydrogen-bond acceptors (Lipinski definition) is 3. The van der Waals surface area contributed by atoms with Crippen molar-refractivity contribution in [2.24, 2.45) is 5.41 Å². The molecule has 1 saturated heterocycles. The Morgan fingerprint density at radius 3 is 2.54 bits per heavy atom. The summed E-state index contributed by atoms with van der Waals surface area (Å²) in [7, 11) is 2.18. The maximum Gasteiger partial charge on any atom is 0.0555 e. The maximum atomic E-state index is 8.65. The number of piperidine rings is 1. The van der Waals surface area contributed by atoms with Gasteiger partial charge in [0.2, 0.25) is 0 Å². The lowest BCUT2D eigenvalue weighted by Gasteiger charge is -2.38. The molecule has 0 aromatic heterocycles. The summed E-state index contributed by atoms with van der Waals surface area (Å²) in [5.41, 5.74) is 0.446. The molecule has 13 heavy (non-hydrogen) atoms. The summed E-state index contributed by atoms with van der Waals surface area (Å²) in [4.78, 5) is 2.38. The molecule has 1 aliphatic heterocycles. The first kappa shape index (κ1) is 11.0. The SMILES string of the molecule is CN1CCC(C)(CNCCO)CC1. The van der Waals surface area contributed by atoms with Gasteiger partial charge in [0.1, 0.15) is 0 Å². The van der Waals surface area contributed by atoms with Crippen LogP contribution >= 0.6 is 0 Å². The van der Waals surface area contributed by atoms with Crippen molar-refractivity contribution in [2.75, 3.05) is 39.8 Å². The molecule has 1 aliphatic rings. The molecule has 0 bridgehead atoms. The molecule has 0 saturated carbocycles. The van der Waals surface area contributed by atoms with Crippen LogP contribution in [0.25, 0.3) is 0 Å². The second kappa shape index (κ2) is 4.94. The molecular formula is C10H22N2O. The van der Waals surface area contributed by atoms with Crippen LogP contribution in [0.15, 0.2) is 0 Å². The van der Waals surface area contributed by atoms with Gasteiger partial charge < -0.3 is 15.3 Å².